The van der Waals surface area contributed by atoms with Gasteiger partial charge < -0.3 is 14.5 Å². The predicted octanol–water partition coefficient (Wildman–Crippen LogP) is 4.89. The zero-order valence-corrected chi connectivity index (χ0v) is 16.9. The number of nitrogens with zero attached hydrogens (tertiary/aromatic N) is 2. The topological polar surface area (TPSA) is 24.0 Å². The van der Waals surface area contributed by atoms with Crippen LogP contribution in [0.2, 0.25) is 0 Å². The highest BCUT2D eigenvalue weighted by molar-refractivity contribution is 7.71. The van der Waals surface area contributed by atoms with E-state index in [9.17, 15) is 17.6 Å². The lowest BCUT2D eigenvalue weighted by atomic mass is 9.94. The minimum Gasteiger partial charge on any atom is -0.334 e. The molecule has 2 aromatic rings. The van der Waals surface area contributed by atoms with Gasteiger partial charge in [0.05, 0.1) is 0 Å². The Morgan fingerprint density at radius 2 is 1.71 bits per heavy atom. The number of benzene rings is 1. The molecule has 0 spiro atoms. The fourth-order valence-corrected chi connectivity index (χ4v) is 4.64. The number of halogens is 5. The van der Waals surface area contributed by atoms with E-state index >= 15 is 0 Å². The van der Waals surface area contributed by atoms with Crippen molar-refractivity contribution in [2.45, 2.75) is 44.6 Å². The molecule has 0 aliphatic carbocycles. The van der Waals surface area contributed by atoms with Crippen LogP contribution in [0.1, 0.15) is 42.1 Å². The van der Waals surface area contributed by atoms with Gasteiger partial charge in [0.2, 0.25) is 0 Å². The van der Waals surface area contributed by atoms with Crippen molar-refractivity contribution >= 4 is 24.6 Å². The molecule has 1 aromatic heterocycles. The van der Waals surface area contributed by atoms with Crippen molar-refractivity contribution in [3.05, 3.63) is 51.1 Å². The summed E-state index contributed by atoms with van der Waals surface area (Å²) < 4.78 is 57.8. The lowest BCUT2D eigenvalue weighted by Gasteiger charge is -2.14. The van der Waals surface area contributed by atoms with E-state index in [1.54, 1.807) is 4.57 Å². The maximum Gasteiger partial charge on any atom is 0.177 e. The number of aromatic amines is 1. The van der Waals surface area contributed by atoms with Crippen molar-refractivity contribution in [3.8, 4) is 0 Å². The Kier molecular flexibility index (Phi) is 6.51. The first-order valence-corrected chi connectivity index (χ1v) is 9.72. The Morgan fingerprint density at radius 1 is 1.07 bits per heavy atom. The number of likely N-dealkylation sites (tertiary alicyclic amines) is 1. The zero-order chi connectivity index (χ0) is 19.1. The van der Waals surface area contributed by atoms with E-state index in [-0.39, 0.29) is 25.0 Å². The van der Waals surface area contributed by atoms with Gasteiger partial charge in [0.1, 0.15) is 0 Å². The van der Waals surface area contributed by atoms with Gasteiger partial charge in [-0.3, -0.25) is 0 Å². The van der Waals surface area contributed by atoms with Gasteiger partial charge in [0, 0.05) is 35.5 Å². The number of H-pyrrole nitrogens is 1. The lowest BCUT2D eigenvalue weighted by Crippen LogP contribution is -2.20. The van der Waals surface area contributed by atoms with Crippen LogP contribution in [0, 0.1) is 28.0 Å². The molecule has 3 nitrogen and oxygen atoms in total. The third-order valence-corrected chi connectivity index (χ3v) is 6.00. The summed E-state index contributed by atoms with van der Waals surface area (Å²) in [5, 5.41) is 0. The van der Waals surface area contributed by atoms with Crippen LogP contribution < -0.4 is 0 Å². The molecule has 4 rings (SSSR count). The number of hydrogen-bond acceptors (Lipinski definition) is 2. The fraction of sp³-hybridized carbons (Fsp3) is 0.526. The summed E-state index contributed by atoms with van der Waals surface area (Å²) in [6, 6.07) is 0.249. The largest absolute Gasteiger partial charge is 0.334 e. The van der Waals surface area contributed by atoms with E-state index in [0.29, 0.717) is 11.2 Å². The highest BCUT2D eigenvalue weighted by Gasteiger charge is 2.33. The Balaban J connectivity index is 0.00000225. The van der Waals surface area contributed by atoms with E-state index in [4.69, 9.17) is 12.2 Å². The van der Waals surface area contributed by atoms with E-state index in [1.807, 2.05) is 0 Å². The van der Waals surface area contributed by atoms with Crippen LogP contribution in [0.4, 0.5) is 17.6 Å². The summed E-state index contributed by atoms with van der Waals surface area (Å²) in [5.41, 5.74) is 1.32. The molecule has 0 saturated carbocycles. The minimum atomic E-state index is -1.36. The number of nitrogens with one attached hydrogen (secondary N) is 1. The molecule has 1 fully saturated rings. The maximum atomic E-state index is 14.2. The van der Waals surface area contributed by atoms with E-state index < -0.39 is 34.8 Å². The fourth-order valence-electron chi connectivity index (χ4n) is 4.33. The predicted molar refractivity (Wildman–Crippen MR) is 104 cm³/mol. The number of imidazole rings is 1. The molecule has 2 aliphatic rings. The van der Waals surface area contributed by atoms with Gasteiger partial charge >= 0.3 is 0 Å². The summed E-state index contributed by atoms with van der Waals surface area (Å²) in [4.78, 5) is 5.61. The highest BCUT2D eigenvalue weighted by atomic mass is 35.5. The second-order valence-corrected chi connectivity index (χ2v) is 7.79. The molecule has 28 heavy (non-hydrogen) atoms. The number of aryl methyl sites for hydroxylation is 1. The van der Waals surface area contributed by atoms with Crippen LogP contribution in [-0.2, 0) is 19.4 Å². The number of hydrogen-bond donors (Lipinski definition) is 1. The maximum absolute atomic E-state index is 14.2. The van der Waals surface area contributed by atoms with Gasteiger partial charge in [0.25, 0.3) is 0 Å². The molecular weight excluding hydrogens is 414 g/mol. The first-order valence-electron chi connectivity index (χ1n) is 9.31. The Hall–Kier alpha value is -1.38. The van der Waals surface area contributed by atoms with Crippen molar-refractivity contribution in [1.82, 2.24) is 14.5 Å². The number of rotatable bonds is 5. The van der Waals surface area contributed by atoms with Crippen LogP contribution in [0.3, 0.4) is 0 Å². The van der Waals surface area contributed by atoms with Gasteiger partial charge in [0.15, 0.2) is 28.0 Å². The van der Waals surface area contributed by atoms with Crippen LogP contribution in [0.25, 0.3) is 0 Å². The van der Waals surface area contributed by atoms with Crippen molar-refractivity contribution in [2.24, 2.45) is 0 Å². The van der Waals surface area contributed by atoms with Crippen molar-refractivity contribution in [3.63, 3.8) is 0 Å². The Bertz CT molecular complexity index is 895. The van der Waals surface area contributed by atoms with Crippen molar-refractivity contribution in [1.29, 1.82) is 0 Å². The average Bonchev–Trinajstić information content (AvgIpc) is 3.34. The third kappa shape index (κ3) is 3.86. The van der Waals surface area contributed by atoms with Gasteiger partial charge in [-0.1, -0.05) is 0 Å². The molecule has 0 amide bonds. The molecular formula is C19H22ClF4N3S. The van der Waals surface area contributed by atoms with Crippen molar-refractivity contribution < 1.29 is 17.6 Å². The molecule has 0 radical (unpaired) electrons. The zero-order valence-electron chi connectivity index (χ0n) is 15.2. The minimum absolute atomic E-state index is 0. The summed E-state index contributed by atoms with van der Waals surface area (Å²) >= 11 is 5.34. The summed E-state index contributed by atoms with van der Waals surface area (Å²) in [7, 11) is 0. The van der Waals surface area contributed by atoms with Crippen LogP contribution >= 0.6 is 24.6 Å². The van der Waals surface area contributed by atoms with Crippen LogP contribution in [0.5, 0.6) is 0 Å². The average molecular weight is 436 g/mol. The van der Waals surface area contributed by atoms with Gasteiger partial charge in [-0.15, -0.1) is 12.4 Å². The van der Waals surface area contributed by atoms with E-state index in [1.165, 1.54) is 12.8 Å². The Labute approximate surface area is 172 Å². The Morgan fingerprint density at radius 3 is 2.36 bits per heavy atom. The summed E-state index contributed by atoms with van der Waals surface area (Å²) in [5.74, 6) is -6.02. The first-order chi connectivity index (χ1) is 13.0. The molecule has 3 heterocycles. The standard InChI is InChI=1S/C19H21F4N3S.ClH/c20-12-9-13(21)18(23)16(17(12)22)11-8-15-14(24-19(27)26(15)10-11)4-3-7-25-5-1-2-6-25;/h9,11H,1-8,10H2,(H,24,27);1H. The smallest absolute Gasteiger partial charge is 0.177 e. The molecule has 1 unspecified atom stereocenters. The SMILES string of the molecule is Cl.Fc1cc(F)c(F)c(C2Cc3c(CCCN4CCCC4)[nH]c(=S)n3C2)c1F. The lowest BCUT2D eigenvalue weighted by molar-refractivity contribution is 0.333. The molecule has 0 bridgehead atoms. The molecule has 1 atom stereocenters. The highest BCUT2D eigenvalue weighted by Crippen LogP contribution is 2.36. The van der Waals surface area contributed by atoms with Gasteiger partial charge in [-0.25, -0.2) is 17.6 Å². The van der Waals surface area contributed by atoms with Crippen LogP contribution in [-0.4, -0.2) is 34.1 Å². The third-order valence-electron chi connectivity index (χ3n) is 5.67. The van der Waals surface area contributed by atoms with Crippen LogP contribution in [0.15, 0.2) is 6.07 Å². The number of fused-ring (bicyclic) bond motifs is 1. The second-order valence-electron chi connectivity index (χ2n) is 7.40. The molecule has 9 heteroatoms. The number of aromatic nitrogens is 2. The van der Waals surface area contributed by atoms with E-state index in [2.05, 4.69) is 9.88 Å². The van der Waals surface area contributed by atoms with E-state index in [0.717, 1.165) is 43.9 Å². The van der Waals surface area contributed by atoms with Gasteiger partial charge in [-0.05, 0) is 64.0 Å². The molecule has 1 saturated heterocycles. The molecule has 1 aromatic carbocycles. The molecule has 1 N–H and O–H groups in total. The molecule has 2 aliphatic heterocycles. The normalized spacial score (nSPS) is 19.1. The van der Waals surface area contributed by atoms with Crippen molar-refractivity contribution in [2.75, 3.05) is 19.6 Å². The molecule has 154 valence electrons. The summed E-state index contributed by atoms with van der Waals surface area (Å²) in [6.45, 7) is 3.49. The first kappa shape index (κ1) is 21.3. The monoisotopic (exact) mass is 435 g/mol. The second kappa shape index (κ2) is 8.55. The van der Waals surface area contributed by atoms with Gasteiger partial charge in [-0.2, -0.15) is 0 Å². The summed E-state index contributed by atoms with van der Waals surface area (Å²) in [6.07, 6.45) is 4.55. The quantitative estimate of drug-likeness (QED) is 0.410.